The van der Waals surface area contributed by atoms with Crippen molar-refractivity contribution in [1.82, 2.24) is 20.1 Å². The van der Waals surface area contributed by atoms with Gasteiger partial charge in [0.2, 0.25) is 5.91 Å². The van der Waals surface area contributed by atoms with Crippen molar-refractivity contribution in [2.24, 2.45) is 0 Å². The van der Waals surface area contributed by atoms with E-state index in [0.29, 0.717) is 30.4 Å². The molecule has 1 amide bonds. The van der Waals surface area contributed by atoms with E-state index in [1.54, 1.807) is 13.4 Å². The Labute approximate surface area is 157 Å². The highest BCUT2D eigenvalue weighted by molar-refractivity contribution is 8.00. The average molecular weight is 376 g/mol. The highest BCUT2D eigenvalue weighted by atomic mass is 32.2. The van der Waals surface area contributed by atoms with Gasteiger partial charge in [-0.25, -0.2) is 0 Å². The summed E-state index contributed by atoms with van der Waals surface area (Å²) < 4.78 is 6.95. The summed E-state index contributed by atoms with van der Waals surface area (Å²) in [7, 11) is 1.64. The molecule has 1 aromatic heterocycles. The van der Waals surface area contributed by atoms with Crippen LogP contribution in [-0.4, -0.2) is 52.0 Å². The van der Waals surface area contributed by atoms with Gasteiger partial charge in [-0.3, -0.25) is 9.59 Å². The van der Waals surface area contributed by atoms with Crippen molar-refractivity contribution in [2.45, 2.75) is 37.2 Å². The first-order chi connectivity index (χ1) is 12.5. The predicted octanol–water partition coefficient (Wildman–Crippen LogP) is 1.97. The second-order valence-electron chi connectivity index (χ2n) is 5.85. The Hall–Kier alpha value is -2.19. The summed E-state index contributed by atoms with van der Waals surface area (Å²) >= 11 is 1.39. The molecule has 0 saturated heterocycles. The highest BCUT2D eigenvalue weighted by Crippen LogP contribution is 2.24. The van der Waals surface area contributed by atoms with E-state index < -0.39 is 0 Å². The number of methoxy groups -OCH3 is 1. The van der Waals surface area contributed by atoms with Gasteiger partial charge in [-0.1, -0.05) is 36.0 Å². The van der Waals surface area contributed by atoms with E-state index in [2.05, 4.69) is 15.5 Å². The number of hydrogen-bond acceptors (Lipinski definition) is 6. The number of rotatable bonds is 10. The molecule has 2 rings (SSSR count). The van der Waals surface area contributed by atoms with Crippen molar-refractivity contribution < 1.29 is 14.3 Å². The fraction of sp³-hybridized carbons (Fsp3) is 0.444. The molecule has 0 aliphatic rings. The minimum absolute atomic E-state index is 0.0407. The number of Topliss-reactive ketones (excluding diaryl/α,β-unsaturated/α-hetero) is 1. The van der Waals surface area contributed by atoms with Gasteiger partial charge in [0.05, 0.1) is 11.9 Å². The molecule has 0 saturated carbocycles. The number of carbonyl (C=O) groups is 2. The lowest BCUT2D eigenvalue weighted by Crippen LogP contribution is -2.22. The Morgan fingerprint density at radius 1 is 1.31 bits per heavy atom. The third-order valence-electron chi connectivity index (χ3n) is 3.79. The van der Waals surface area contributed by atoms with Gasteiger partial charge in [0.15, 0.2) is 10.9 Å². The van der Waals surface area contributed by atoms with Crippen LogP contribution in [0.4, 0.5) is 0 Å². The number of ether oxygens (including phenoxy) is 1. The van der Waals surface area contributed by atoms with Crippen LogP contribution in [0.1, 0.15) is 29.8 Å². The van der Waals surface area contributed by atoms with Crippen molar-refractivity contribution in [3.05, 3.63) is 41.7 Å². The number of nitrogens with zero attached hydrogens (tertiary/aromatic N) is 3. The molecule has 0 aliphatic carbocycles. The first-order valence-electron chi connectivity index (χ1n) is 8.42. The molecule has 1 heterocycles. The SMILES string of the molecule is COCCn1cnnc1S[C@@H](C)C(=O)c1ccc(CCNC(C)=O)cc1. The summed E-state index contributed by atoms with van der Waals surface area (Å²) in [5.74, 6) is 0.00528. The average Bonchev–Trinajstić information content (AvgIpc) is 3.06. The van der Waals surface area contributed by atoms with E-state index in [1.165, 1.54) is 18.7 Å². The molecule has 0 bridgehead atoms. The van der Waals surface area contributed by atoms with Crippen LogP contribution in [0.25, 0.3) is 0 Å². The lowest BCUT2D eigenvalue weighted by molar-refractivity contribution is -0.118. The molecule has 140 valence electrons. The fourth-order valence-electron chi connectivity index (χ4n) is 2.34. The monoisotopic (exact) mass is 376 g/mol. The maximum absolute atomic E-state index is 12.7. The summed E-state index contributed by atoms with van der Waals surface area (Å²) in [6.45, 7) is 5.17. The summed E-state index contributed by atoms with van der Waals surface area (Å²) in [6.07, 6.45) is 2.38. The van der Waals surface area contributed by atoms with E-state index in [-0.39, 0.29) is 16.9 Å². The van der Waals surface area contributed by atoms with Crippen LogP contribution in [-0.2, 0) is 22.5 Å². The number of benzene rings is 1. The molecule has 0 spiro atoms. The smallest absolute Gasteiger partial charge is 0.216 e. The van der Waals surface area contributed by atoms with Crippen LogP contribution in [0.3, 0.4) is 0 Å². The summed E-state index contributed by atoms with van der Waals surface area (Å²) in [5, 5.41) is 11.2. The zero-order valence-electron chi connectivity index (χ0n) is 15.3. The molecule has 0 radical (unpaired) electrons. The normalized spacial score (nSPS) is 12.0. The van der Waals surface area contributed by atoms with Gasteiger partial charge in [0, 0.05) is 32.7 Å². The molecule has 26 heavy (non-hydrogen) atoms. The number of carbonyl (C=O) groups excluding carboxylic acids is 2. The standard InChI is InChI=1S/C18H24N4O3S/c1-13(26-18-21-20-12-22(18)10-11-25-3)17(24)16-6-4-15(5-7-16)8-9-19-14(2)23/h4-7,12-13H,8-11H2,1-3H3,(H,19,23)/t13-/m0/s1. The largest absolute Gasteiger partial charge is 0.383 e. The van der Waals surface area contributed by atoms with E-state index in [4.69, 9.17) is 4.74 Å². The molecule has 1 N–H and O–H groups in total. The molecule has 1 aromatic carbocycles. The molecular weight excluding hydrogens is 352 g/mol. The van der Waals surface area contributed by atoms with E-state index in [0.717, 1.165) is 12.0 Å². The maximum atomic E-state index is 12.7. The highest BCUT2D eigenvalue weighted by Gasteiger charge is 2.19. The first-order valence-corrected chi connectivity index (χ1v) is 9.30. The van der Waals surface area contributed by atoms with Gasteiger partial charge < -0.3 is 14.6 Å². The third-order valence-corrected chi connectivity index (χ3v) is 4.89. The molecular formula is C18H24N4O3S. The Morgan fingerprint density at radius 2 is 2.04 bits per heavy atom. The summed E-state index contributed by atoms with van der Waals surface area (Å²) in [5.41, 5.74) is 1.74. The second kappa shape index (κ2) is 10.1. The van der Waals surface area contributed by atoms with Gasteiger partial charge in [-0.15, -0.1) is 10.2 Å². The van der Waals surface area contributed by atoms with Crippen molar-refractivity contribution >= 4 is 23.5 Å². The number of ketones is 1. The second-order valence-corrected chi connectivity index (χ2v) is 7.16. The summed E-state index contributed by atoms with van der Waals surface area (Å²) in [4.78, 5) is 23.5. The van der Waals surface area contributed by atoms with Crippen molar-refractivity contribution in [2.75, 3.05) is 20.3 Å². The van der Waals surface area contributed by atoms with Crippen LogP contribution in [0.2, 0.25) is 0 Å². The van der Waals surface area contributed by atoms with Crippen molar-refractivity contribution in [1.29, 1.82) is 0 Å². The Morgan fingerprint density at radius 3 is 2.69 bits per heavy atom. The van der Waals surface area contributed by atoms with Crippen LogP contribution in [0, 0.1) is 0 Å². The van der Waals surface area contributed by atoms with Crippen LogP contribution in [0.5, 0.6) is 0 Å². The Balaban J connectivity index is 1.93. The lowest BCUT2D eigenvalue weighted by Gasteiger charge is -2.11. The van der Waals surface area contributed by atoms with E-state index in [1.807, 2.05) is 35.8 Å². The molecule has 8 heteroatoms. The third kappa shape index (κ3) is 5.96. The number of amides is 1. The zero-order chi connectivity index (χ0) is 18.9. The van der Waals surface area contributed by atoms with Gasteiger partial charge in [-0.05, 0) is 18.9 Å². The van der Waals surface area contributed by atoms with Gasteiger partial charge in [0.1, 0.15) is 6.33 Å². The topological polar surface area (TPSA) is 86.1 Å². The molecule has 7 nitrogen and oxygen atoms in total. The molecule has 0 aliphatic heterocycles. The van der Waals surface area contributed by atoms with Crippen molar-refractivity contribution in [3.63, 3.8) is 0 Å². The first kappa shape index (κ1) is 20.1. The van der Waals surface area contributed by atoms with Crippen LogP contribution in [0.15, 0.2) is 35.7 Å². The van der Waals surface area contributed by atoms with Crippen LogP contribution < -0.4 is 5.32 Å². The van der Waals surface area contributed by atoms with E-state index in [9.17, 15) is 9.59 Å². The maximum Gasteiger partial charge on any atom is 0.216 e. The predicted molar refractivity (Wildman–Crippen MR) is 100 cm³/mol. The van der Waals surface area contributed by atoms with E-state index >= 15 is 0 Å². The van der Waals surface area contributed by atoms with Gasteiger partial charge in [-0.2, -0.15) is 0 Å². The minimum atomic E-state index is -0.272. The number of thioether (sulfide) groups is 1. The fourth-order valence-corrected chi connectivity index (χ4v) is 3.27. The summed E-state index contributed by atoms with van der Waals surface area (Å²) in [6, 6.07) is 7.51. The molecule has 1 atom stereocenters. The lowest BCUT2D eigenvalue weighted by atomic mass is 10.0. The van der Waals surface area contributed by atoms with Gasteiger partial charge in [0.25, 0.3) is 0 Å². The number of aromatic nitrogens is 3. The number of hydrogen-bond donors (Lipinski definition) is 1. The molecule has 2 aromatic rings. The zero-order valence-corrected chi connectivity index (χ0v) is 16.1. The van der Waals surface area contributed by atoms with Crippen molar-refractivity contribution in [3.8, 4) is 0 Å². The number of nitrogens with one attached hydrogen (secondary N) is 1. The van der Waals surface area contributed by atoms with Crippen LogP contribution >= 0.6 is 11.8 Å². The Bertz CT molecular complexity index is 730. The quantitative estimate of drug-likeness (QED) is 0.504. The molecule has 0 unspecified atom stereocenters. The minimum Gasteiger partial charge on any atom is -0.383 e. The Kier molecular flexibility index (Phi) is 7.80. The van der Waals surface area contributed by atoms with Gasteiger partial charge >= 0.3 is 0 Å². The molecule has 0 fully saturated rings.